The van der Waals surface area contributed by atoms with E-state index in [1.807, 2.05) is 0 Å². The first-order chi connectivity index (χ1) is 11.1. The number of carbonyl (C=O) groups excluding carboxylic acids is 3. The number of imide groups is 2. The predicted octanol–water partition coefficient (Wildman–Crippen LogP) is 2.60. The summed E-state index contributed by atoms with van der Waals surface area (Å²) in [5, 5.41) is 2.57. The zero-order valence-electron chi connectivity index (χ0n) is 11.8. The molecular formula is C16H11ClN2O4. The average molecular weight is 331 g/mol. The molecule has 1 aromatic carbocycles. The van der Waals surface area contributed by atoms with Gasteiger partial charge in [-0.3, -0.25) is 19.8 Å². The molecule has 0 saturated carbocycles. The van der Waals surface area contributed by atoms with Gasteiger partial charge in [-0.1, -0.05) is 29.8 Å². The van der Waals surface area contributed by atoms with Crippen molar-refractivity contribution in [1.82, 2.24) is 10.2 Å². The van der Waals surface area contributed by atoms with Gasteiger partial charge in [-0.15, -0.1) is 0 Å². The van der Waals surface area contributed by atoms with E-state index in [1.54, 1.807) is 36.4 Å². The molecule has 2 heterocycles. The summed E-state index contributed by atoms with van der Waals surface area (Å²) in [7, 11) is 0. The Morgan fingerprint density at radius 3 is 2.61 bits per heavy atom. The fourth-order valence-electron chi connectivity index (χ4n) is 2.15. The molecule has 0 unspecified atom stereocenters. The van der Waals surface area contributed by atoms with E-state index in [1.165, 1.54) is 12.3 Å². The van der Waals surface area contributed by atoms with Crippen LogP contribution in [0.15, 0.2) is 52.7 Å². The van der Waals surface area contributed by atoms with E-state index in [9.17, 15) is 14.4 Å². The third kappa shape index (κ3) is 3.02. The normalized spacial score (nSPS) is 16.8. The second-order valence-electron chi connectivity index (χ2n) is 4.82. The second-order valence-corrected chi connectivity index (χ2v) is 5.22. The van der Waals surface area contributed by atoms with Crippen LogP contribution in [0.25, 0.3) is 6.08 Å². The number of furan rings is 1. The number of hydrogen-bond acceptors (Lipinski definition) is 4. The van der Waals surface area contributed by atoms with Gasteiger partial charge in [0, 0.05) is 5.02 Å². The largest absolute Gasteiger partial charge is 0.465 e. The van der Waals surface area contributed by atoms with E-state index in [2.05, 4.69) is 5.32 Å². The van der Waals surface area contributed by atoms with Crippen LogP contribution in [0.5, 0.6) is 0 Å². The number of carbonyl (C=O) groups is 3. The number of nitrogens with one attached hydrogen (secondary N) is 1. The Morgan fingerprint density at radius 2 is 1.91 bits per heavy atom. The van der Waals surface area contributed by atoms with Crippen LogP contribution in [0.2, 0.25) is 5.02 Å². The minimum atomic E-state index is -0.781. The van der Waals surface area contributed by atoms with E-state index in [0.29, 0.717) is 16.3 Å². The minimum absolute atomic E-state index is 0.0346. The molecule has 3 rings (SSSR count). The summed E-state index contributed by atoms with van der Waals surface area (Å²) >= 11 is 6.05. The highest BCUT2D eigenvalue weighted by atomic mass is 35.5. The Hall–Kier alpha value is -2.86. The van der Waals surface area contributed by atoms with Crippen molar-refractivity contribution >= 4 is 35.5 Å². The summed E-state index contributed by atoms with van der Waals surface area (Å²) in [6.07, 6.45) is 2.72. The van der Waals surface area contributed by atoms with E-state index in [0.717, 1.165) is 4.90 Å². The lowest BCUT2D eigenvalue weighted by Crippen LogP contribution is -2.53. The minimum Gasteiger partial charge on any atom is -0.465 e. The maximum Gasteiger partial charge on any atom is 0.331 e. The molecule has 1 aromatic heterocycles. The number of barbiturate groups is 1. The first-order valence-electron chi connectivity index (χ1n) is 6.72. The summed E-state index contributed by atoms with van der Waals surface area (Å²) < 4.78 is 5.10. The van der Waals surface area contributed by atoms with Gasteiger partial charge in [0.25, 0.3) is 11.8 Å². The van der Waals surface area contributed by atoms with Crippen LogP contribution >= 0.6 is 11.6 Å². The van der Waals surface area contributed by atoms with Crippen LogP contribution in [0, 0.1) is 0 Å². The lowest BCUT2D eigenvalue weighted by Gasteiger charge is -2.26. The Kier molecular flexibility index (Phi) is 3.99. The van der Waals surface area contributed by atoms with Crippen molar-refractivity contribution in [2.24, 2.45) is 0 Å². The lowest BCUT2D eigenvalue weighted by atomic mass is 10.1. The van der Waals surface area contributed by atoms with Gasteiger partial charge in [0.05, 0.1) is 12.8 Å². The third-order valence-corrected chi connectivity index (χ3v) is 3.67. The number of hydrogen-bond donors (Lipinski definition) is 1. The van der Waals surface area contributed by atoms with Crippen molar-refractivity contribution < 1.29 is 18.8 Å². The molecular weight excluding hydrogens is 320 g/mol. The van der Waals surface area contributed by atoms with Crippen LogP contribution < -0.4 is 5.32 Å². The van der Waals surface area contributed by atoms with Crippen molar-refractivity contribution in [2.45, 2.75) is 6.54 Å². The quantitative estimate of drug-likeness (QED) is 0.693. The molecule has 0 aliphatic carbocycles. The summed E-state index contributed by atoms with van der Waals surface area (Å²) in [5.41, 5.74) is 0.427. The Bertz CT molecular complexity index is 811. The van der Waals surface area contributed by atoms with Gasteiger partial charge >= 0.3 is 6.03 Å². The molecule has 0 spiro atoms. The van der Waals surface area contributed by atoms with Crippen molar-refractivity contribution in [2.75, 3.05) is 0 Å². The summed E-state index contributed by atoms with van der Waals surface area (Å²) in [6.45, 7) is -0.0346. The van der Waals surface area contributed by atoms with Crippen molar-refractivity contribution in [3.05, 3.63) is 64.6 Å². The van der Waals surface area contributed by atoms with Gasteiger partial charge in [0.15, 0.2) is 0 Å². The molecule has 6 nitrogen and oxygen atoms in total. The Morgan fingerprint density at radius 1 is 1.13 bits per heavy atom. The fourth-order valence-corrected chi connectivity index (χ4v) is 2.35. The second kappa shape index (κ2) is 6.10. The summed E-state index contributed by atoms with van der Waals surface area (Å²) in [5.74, 6) is -1.11. The molecule has 1 aliphatic heterocycles. The summed E-state index contributed by atoms with van der Waals surface area (Å²) in [4.78, 5) is 37.3. The zero-order valence-corrected chi connectivity index (χ0v) is 12.5. The third-order valence-electron chi connectivity index (χ3n) is 3.30. The molecule has 1 aliphatic rings. The molecule has 1 N–H and O–H groups in total. The van der Waals surface area contributed by atoms with Crippen LogP contribution in [0.1, 0.15) is 11.3 Å². The van der Waals surface area contributed by atoms with Crippen LogP contribution in [0.3, 0.4) is 0 Å². The Balaban J connectivity index is 1.91. The van der Waals surface area contributed by atoms with Gasteiger partial charge in [-0.2, -0.15) is 0 Å². The molecule has 0 bridgehead atoms. The van der Waals surface area contributed by atoms with Crippen LogP contribution in [-0.2, 0) is 16.1 Å². The summed E-state index contributed by atoms with van der Waals surface area (Å²) in [6, 6.07) is 9.31. The highest BCUT2D eigenvalue weighted by molar-refractivity contribution is 6.32. The van der Waals surface area contributed by atoms with Crippen molar-refractivity contribution in [3.8, 4) is 0 Å². The standard InChI is InChI=1S/C16H11ClN2O4/c17-13-6-2-1-4-10(13)9-19-15(21)12(14(20)18-16(19)22)8-11-5-3-7-23-11/h1-8H,9H2,(H,18,20,22). The highest BCUT2D eigenvalue weighted by Crippen LogP contribution is 2.21. The average Bonchev–Trinajstić information content (AvgIpc) is 3.03. The monoisotopic (exact) mass is 330 g/mol. The first kappa shape index (κ1) is 15.1. The maximum absolute atomic E-state index is 12.5. The topological polar surface area (TPSA) is 79.6 Å². The molecule has 1 saturated heterocycles. The molecule has 116 valence electrons. The molecule has 4 amide bonds. The number of halogens is 1. The van der Waals surface area contributed by atoms with E-state index < -0.39 is 17.8 Å². The number of urea groups is 1. The van der Waals surface area contributed by atoms with E-state index in [-0.39, 0.29) is 12.1 Å². The molecule has 7 heteroatoms. The molecule has 23 heavy (non-hydrogen) atoms. The molecule has 0 atom stereocenters. The van der Waals surface area contributed by atoms with Crippen molar-refractivity contribution in [3.63, 3.8) is 0 Å². The smallest absolute Gasteiger partial charge is 0.331 e. The van der Waals surface area contributed by atoms with Crippen LogP contribution in [-0.4, -0.2) is 22.7 Å². The molecule has 0 radical (unpaired) electrons. The maximum atomic E-state index is 12.5. The highest BCUT2D eigenvalue weighted by Gasteiger charge is 2.36. The fraction of sp³-hybridized carbons (Fsp3) is 0.0625. The number of nitrogens with zero attached hydrogens (tertiary/aromatic N) is 1. The van der Waals surface area contributed by atoms with Gasteiger partial charge in [-0.05, 0) is 29.8 Å². The number of amides is 4. The van der Waals surface area contributed by atoms with Crippen LogP contribution in [0.4, 0.5) is 4.79 Å². The predicted molar refractivity (Wildman–Crippen MR) is 82.2 cm³/mol. The molecule has 2 aromatic rings. The van der Waals surface area contributed by atoms with Gasteiger partial charge in [-0.25, -0.2) is 4.79 Å². The van der Waals surface area contributed by atoms with E-state index in [4.69, 9.17) is 16.0 Å². The lowest BCUT2D eigenvalue weighted by molar-refractivity contribution is -0.130. The van der Waals surface area contributed by atoms with Crippen molar-refractivity contribution in [1.29, 1.82) is 0 Å². The first-order valence-corrected chi connectivity index (χ1v) is 7.10. The zero-order chi connectivity index (χ0) is 16.4. The van der Waals surface area contributed by atoms with Gasteiger partial charge in [0.2, 0.25) is 0 Å². The Labute approximate surface area is 136 Å². The number of rotatable bonds is 3. The van der Waals surface area contributed by atoms with E-state index >= 15 is 0 Å². The van der Waals surface area contributed by atoms with Gasteiger partial charge in [0.1, 0.15) is 11.3 Å². The SMILES string of the molecule is O=C1NC(=O)N(Cc2ccccc2Cl)C(=O)C1=Cc1ccco1. The number of benzene rings is 1. The molecule has 1 fully saturated rings. The van der Waals surface area contributed by atoms with Gasteiger partial charge < -0.3 is 4.42 Å².